The normalized spacial score (nSPS) is 12.4. The quantitative estimate of drug-likeness (QED) is 0.400. The molecule has 0 fully saturated rings. The van der Waals surface area contributed by atoms with Crippen LogP contribution in [0, 0.1) is 0 Å². The first-order valence-corrected chi connectivity index (χ1v) is 10.9. The molecule has 0 saturated carbocycles. The van der Waals surface area contributed by atoms with Crippen molar-refractivity contribution in [3.63, 3.8) is 0 Å². The van der Waals surface area contributed by atoms with Crippen LogP contribution in [0.25, 0.3) is 0 Å². The van der Waals surface area contributed by atoms with Crippen LogP contribution in [0.5, 0.6) is 0 Å². The zero-order valence-electron chi connectivity index (χ0n) is 18.4. The zero-order valence-corrected chi connectivity index (χ0v) is 18.4. The van der Waals surface area contributed by atoms with E-state index in [9.17, 15) is 5.11 Å². The second-order valence-corrected chi connectivity index (χ2v) is 7.85. The first-order chi connectivity index (χ1) is 15.2. The molecule has 0 saturated heterocycles. The number of aliphatic hydroxyl groups excluding tert-OH is 1. The van der Waals surface area contributed by atoms with Gasteiger partial charge < -0.3 is 19.1 Å². The number of nitrogens with zero attached hydrogens (tertiary/aromatic N) is 2. The summed E-state index contributed by atoms with van der Waals surface area (Å²) in [6.07, 6.45) is 2.51. The van der Waals surface area contributed by atoms with Crippen molar-refractivity contribution in [3.8, 4) is 0 Å². The van der Waals surface area contributed by atoms with Crippen LogP contribution in [0.3, 0.4) is 0 Å². The Kier molecular flexibility index (Phi) is 9.80. The SMILES string of the molecule is COCCCN(Cc1cccn1Cc1ccccc1)C[C@H](O)COCc1ccccc1. The van der Waals surface area contributed by atoms with Crippen molar-refractivity contribution in [1.82, 2.24) is 9.47 Å². The number of aromatic nitrogens is 1. The Labute approximate surface area is 185 Å². The average molecular weight is 423 g/mol. The van der Waals surface area contributed by atoms with Gasteiger partial charge in [-0.3, -0.25) is 4.90 Å². The fourth-order valence-electron chi connectivity index (χ4n) is 3.66. The highest BCUT2D eigenvalue weighted by Gasteiger charge is 2.14. The third-order valence-electron chi connectivity index (χ3n) is 5.22. The van der Waals surface area contributed by atoms with Gasteiger partial charge in [-0.1, -0.05) is 60.7 Å². The van der Waals surface area contributed by atoms with Gasteiger partial charge in [0.25, 0.3) is 0 Å². The Morgan fingerprint density at radius 3 is 2.35 bits per heavy atom. The molecule has 2 aromatic carbocycles. The number of aliphatic hydroxyl groups is 1. The highest BCUT2D eigenvalue weighted by molar-refractivity contribution is 5.18. The second-order valence-electron chi connectivity index (χ2n) is 7.85. The molecule has 0 spiro atoms. The maximum Gasteiger partial charge on any atom is 0.0900 e. The van der Waals surface area contributed by atoms with Crippen molar-refractivity contribution >= 4 is 0 Å². The summed E-state index contributed by atoms with van der Waals surface area (Å²) in [5.74, 6) is 0. The van der Waals surface area contributed by atoms with Crippen molar-refractivity contribution < 1.29 is 14.6 Å². The molecular formula is C26H34N2O3. The van der Waals surface area contributed by atoms with Crippen molar-refractivity contribution in [3.05, 3.63) is 95.8 Å². The number of methoxy groups -OCH3 is 1. The first-order valence-electron chi connectivity index (χ1n) is 10.9. The molecule has 5 nitrogen and oxygen atoms in total. The Hall–Kier alpha value is -2.44. The van der Waals surface area contributed by atoms with E-state index >= 15 is 0 Å². The molecule has 1 heterocycles. The molecule has 0 aliphatic heterocycles. The van der Waals surface area contributed by atoms with Crippen molar-refractivity contribution in [1.29, 1.82) is 0 Å². The second kappa shape index (κ2) is 13.1. The fraction of sp³-hybridized carbons (Fsp3) is 0.385. The number of ether oxygens (including phenoxy) is 2. The number of rotatable bonds is 14. The minimum Gasteiger partial charge on any atom is -0.389 e. The van der Waals surface area contributed by atoms with Crippen molar-refractivity contribution in [2.24, 2.45) is 0 Å². The molecule has 0 radical (unpaired) electrons. The summed E-state index contributed by atoms with van der Waals surface area (Å²) >= 11 is 0. The minimum absolute atomic E-state index is 0.320. The maximum atomic E-state index is 10.6. The molecule has 5 heteroatoms. The van der Waals surface area contributed by atoms with E-state index in [1.807, 2.05) is 36.4 Å². The van der Waals surface area contributed by atoms with Gasteiger partial charge in [-0.2, -0.15) is 0 Å². The Balaban J connectivity index is 1.54. The molecular weight excluding hydrogens is 388 g/mol. The van der Waals surface area contributed by atoms with E-state index in [4.69, 9.17) is 9.47 Å². The molecule has 0 aliphatic rings. The largest absolute Gasteiger partial charge is 0.389 e. The fourth-order valence-corrected chi connectivity index (χ4v) is 3.66. The molecule has 3 rings (SSSR count). The van der Waals surface area contributed by atoms with Gasteiger partial charge in [0.2, 0.25) is 0 Å². The summed E-state index contributed by atoms with van der Waals surface area (Å²) in [5, 5.41) is 10.6. The molecule has 1 N–H and O–H groups in total. The Morgan fingerprint density at radius 1 is 0.935 bits per heavy atom. The van der Waals surface area contributed by atoms with Crippen LogP contribution in [0.2, 0.25) is 0 Å². The molecule has 0 bridgehead atoms. The summed E-state index contributed by atoms with van der Waals surface area (Å²) in [4.78, 5) is 2.28. The van der Waals surface area contributed by atoms with Crippen LogP contribution in [-0.4, -0.2) is 54.1 Å². The summed E-state index contributed by atoms with van der Waals surface area (Å²) in [7, 11) is 1.72. The molecule has 1 aromatic heterocycles. The van der Waals surface area contributed by atoms with E-state index in [0.29, 0.717) is 26.4 Å². The molecule has 0 unspecified atom stereocenters. The van der Waals surface area contributed by atoms with Gasteiger partial charge >= 0.3 is 0 Å². The molecule has 0 amide bonds. The van der Waals surface area contributed by atoms with E-state index in [1.165, 1.54) is 11.3 Å². The standard InChI is InChI=1S/C26H34N2O3/c1-30-17-9-15-27(20-26(29)22-31-21-24-12-6-3-7-13-24)19-25-14-8-16-28(25)18-23-10-4-2-5-11-23/h2-8,10-14,16,26,29H,9,15,17-22H2,1H3/t26-/m0/s1. The lowest BCUT2D eigenvalue weighted by molar-refractivity contribution is 0.00706. The third-order valence-corrected chi connectivity index (χ3v) is 5.22. The Bertz CT molecular complexity index is 851. The number of hydrogen-bond acceptors (Lipinski definition) is 4. The molecule has 1 atom stereocenters. The van der Waals surface area contributed by atoms with Crippen LogP contribution >= 0.6 is 0 Å². The third kappa shape index (κ3) is 8.31. The van der Waals surface area contributed by atoms with Gasteiger partial charge in [0.15, 0.2) is 0 Å². The van der Waals surface area contributed by atoms with E-state index in [1.54, 1.807) is 7.11 Å². The predicted octanol–water partition coefficient (Wildman–Crippen LogP) is 3.95. The average Bonchev–Trinajstić information content (AvgIpc) is 3.21. The van der Waals surface area contributed by atoms with Crippen LogP contribution in [0.1, 0.15) is 23.2 Å². The number of hydrogen-bond donors (Lipinski definition) is 1. The number of benzene rings is 2. The van der Waals surface area contributed by atoms with Crippen LogP contribution in [0.4, 0.5) is 0 Å². The smallest absolute Gasteiger partial charge is 0.0900 e. The van der Waals surface area contributed by atoms with Gasteiger partial charge in [0, 0.05) is 51.8 Å². The topological polar surface area (TPSA) is 46.9 Å². The summed E-state index contributed by atoms with van der Waals surface area (Å²) < 4.78 is 13.2. The summed E-state index contributed by atoms with van der Waals surface area (Å²) in [5.41, 5.74) is 3.63. The van der Waals surface area contributed by atoms with Gasteiger partial charge in [-0.15, -0.1) is 0 Å². The lowest BCUT2D eigenvalue weighted by Crippen LogP contribution is -2.36. The van der Waals surface area contributed by atoms with Gasteiger partial charge in [0.05, 0.1) is 19.3 Å². The van der Waals surface area contributed by atoms with Gasteiger partial charge in [0.1, 0.15) is 0 Å². The molecule has 31 heavy (non-hydrogen) atoms. The monoisotopic (exact) mass is 422 g/mol. The van der Waals surface area contributed by atoms with Crippen LogP contribution < -0.4 is 0 Å². The molecule has 3 aromatic rings. The minimum atomic E-state index is -0.538. The van der Waals surface area contributed by atoms with E-state index < -0.39 is 6.10 Å². The van der Waals surface area contributed by atoms with E-state index in [-0.39, 0.29) is 0 Å². The van der Waals surface area contributed by atoms with Crippen molar-refractivity contribution in [2.75, 3.05) is 33.4 Å². The Morgan fingerprint density at radius 2 is 1.65 bits per heavy atom. The molecule has 0 aliphatic carbocycles. The lowest BCUT2D eigenvalue weighted by atomic mass is 10.2. The predicted molar refractivity (Wildman–Crippen MR) is 124 cm³/mol. The van der Waals surface area contributed by atoms with Gasteiger partial charge in [-0.05, 0) is 29.7 Å². The van der Waals surface area contributed by atoms with E-state index in [0.717, 1.165) is 31.6 Å². The summed E-state index contributed by atoms with van der Waals surface area (Å²) in [6.45, 7) is 4.59. The van der Waals surface area contributed by atoms with Crippen LogP contribution in [0.15, 0.2) is 79.0 Å². The highest BCUT2D eigenvalue weighted by atomic mass is 16.5. The highest BCUT2D eigenvalue weighted by Crippen LogP contribution is 2.12. The lowest BCUT2D eigenvalue weighted by Gasteiger charge is -2.26. The first kappa shape index (κ1) is 23.2. The molecule has 166 valence electrons. The summed E-state index contributed by atoms with van der Waals surface area (Å²) in [6, 6.07) is 24.8. The van der Waals surface area contributed by atoms with Crippen LogP contribution in [-0.2, 0) is 29.2 Å². The zero-order chi connectivity index (χ0) is 21.7. The van der Waals surface area contributed by atoms with E-state index in [2.05, 4.69) is 52.1 Å². The van der Waals surface area contributed by atoms with Crippen molar-refractivity contribution in [2.45, 2.75) is 32.2 Å². The van der Waals surface area contributed by atoms with Gasteiger partial charge in [-0.25, -0.2) is 0 Å². The maximum absolute atomic E-state index is 10.6.